The van der Waals surface area contributed by atoms with E-state index >= 15 is 0 Å². The van der Waals surface area contributed by atoms with Gasteiger partial charge in [-0.15, -0.1) is 0 Å². The summed E-state index contributed by atoms with van der Waals surface area (Å²) in [6.45, 7) is 7.81. The van der Waals surface area contributed by atoms with Gasteiger partial charge in [0.15, 0.2) is 4.80 Å². The van der Waals surface area contributed by atoms with E-state index in [1.807, 2.05) is 13.8 Å². The summed E-state index contributed by atoms with van der Waals surface area (Å²) >= 11 is 1.52. The Bertz CT molecular complexity index is 961. The van der Waals surface area contributed by atoms with Crippen molar-refractivity contribution in [2.24, 2.45) is 12.0 Å². The van der Waals surface area contributed by atoms with E-state index < -0.39 is 0 Å². The van der Waals surface area contributed by atoms with Crippen LogP contribution >= 0.6 is 11.3 Å². The Morgan fingerprint density at radius 2 is 2.16 bits per heavy atom. The van der Waals surface area contributed by atoms with Crippen molar-refractivity contribution in [1.82, 2.24) is 14.3 Å². The molecule has 132 valence electrons. The molecule has 2 aromatic heterocycles. The van der Waals surface area contributed by atoms with Crippen LogP contribution in [0.2, 0.25) is 0 Å². The van der Waals surface area contributed by atoms with Crippen LogP contribution < -0.4 is 4.80 Å². The molecule has 7 heteroatoms. The maximum Gasteiger partial charge on any atom is 0.298 e. The van der Waals surface area contributed by atoms with E-state index in [4.69, 9.17) is 4.74 Å². The van der Waals surface area contributed by atoms with Crippen LogP contribution in [0.4, 0.5) is 0 Å². The summed E-state index contributed by atoms with van der Waals surface area (Å²) in [5, 5.41) is 4.13. The van der Waals surface area contributed by atoms with Gasteiger partial charge in [-0.05, 0) is 38.5 Å². The number of amides is 1. The van der Waals surface area contributed by atoms with Gasteiger partial charge in [0.25, 0.3) is 5.91 Å². The van der Waals surface area contributed by atoms with Crippen molar-refractivity contribution in [3.63, 3.8) is 0 Å². The molecule has 6 nitrogen and oxygen atoms in total. The molecule has 0 fully saturated rings. The molecule has 0 aliphatic carbocycles. The molecule has 25 heavy (non-hydrogen) atoms. The molecule has 0 saturated heterocycles. The molecule has 0 aliphatic rings. The first-order valence-electron chi connectivity index (χ1n) is 8.26. The second-order valence-corrected chi connectivity index (χ2v) is 6.93. The average Bonchev–Trinajstić information content (AvgIpc) is 3.07. The van der Waals surface area contributed by atoms with E-state index in [9.17, 15) is 4.79 Å². The maximum atomic E-state index is 12.7. The highest BCUT2D eigenvalue weighted by Gasteiger charge is 2.15. The molecule has 3 rings (SSSR count). The summed E-state index contributed by atoms with van der Waals surface area (Å²) in [6, 6.07) is 6.27. The third kappa shape index (κ3) is 3.57. The van der Waals surface area contributed by atoms with Crippen molar-refractivity contribution in [2.45, 2.75) is 27.3 Å². The highest BCUT2D eigenvalue weighted by Crippen LogP contribution is 2.19. The lowest BCUT2D eigenvalue weighted by Gasteiger charge is -2.05. The summed E-state index contributed by atoms with van der Waals surface area (Å²) in [4.78, 5) is 17.8. The monoisotopic (exact) mass is 358 g/mol. The molecular formula is C18H22N4O2S. The van der Waals surface area contributed by atoms with Gasteiger partial charge in [0.1, 0.15) is 5.69 Å². The fourth-order valence-corrected chi connectivity index (χ4v) is 3.93. The fraction of sp³-hybridized carbons (Fsp3) is 0.389. The minimum Gasteiger partial charge on any atom is -0.380 e. The summed E-state index contributed by atoms with van der Waals surface area (Å²) < 4.78 is 10.2. The summed E-state index contributed by atoms with van der Waals surface area (Å²) in [6.07, 6.45) is 1.68. The normalized spacial score (nSPS) is 12.2. The molecule has 2 heterocycles. The summed E-state index contributed by atoms with van der Waals surface area (Å²) in [5.41, 5.74) is 3.61. The Hall–Kier alpha value is -2.25. The Morgan fingerprint density at radius 1 is 1.36 bits per heavy atom. The smallest absolute Gasteiger partial charge is 0.298 e. The second kappa shape index (κ2) is 7.33. The lowest BCUT2D eigenvalue weighted by atomic mass is 10.2. The average molecular weight is 358 g/mol. The van der Waals surface area contributed by atoms with Gasteiger partial charge in [0.05, 0.1) is 23.0 Å². The van der Waals surface area contributed by atoms with E-state index in [2.05, 4.69) is 39.8 Å². The SMILES string of the molecule is CCOCCn1c(=NC(=O)c2c(C)cnn2C)sc2cc(C)ccc21. The van der Waals surface area contributed by atoms with Crippen molar-refractivity contribution in [3.8, 4) is 0 Å². The second-order valence-electron chi connectivity index (χ2n) is 5.92. The number of carbonyl (C=O) groups excluding carboxylic acids is 1. The number of aryl methyl sites for hydroxylation is 3. The van der Waals surface area contributed by atoms with E-state index in [1.165, 1.54) is 16.9 Å². The van der Waals surface area contributed by atoms with Crippen molar-refractivity contribution in [3.05, 3.63) is 46.0 Å². The van der Waals surface area contributed by atoms with Crippen molar-refractivity contribution in [1.29, 1.82) is 0 Å². The van der Waals surface area contributed by atoms with Gasteiger partial charge in [-0.25, -0.2) is 0 Å². The minimum atomic E-state index is -0.272. The van der Waals surface area contributed by atoms with E-state index in [0.717, 1.165) is 15.8 Å². The van der Waals surface area contributed by atoms with Gasteiger partial charge in [-0.3, -0.25) is 9.48 Å². The molecule has 0 saturated carbocycles. The topological polar surface area (TPSA) is 61.4 Å². The first-order chi connectivity index (χ1) is 12.0. The molecule has 0 unspecified atom stereocenters. The van der Waals surface area contributed by atoms with Gasteiger partial charge in [-0.2, -0.15) is 10.1 Å². The van der Waals surface area contributed by atoms with Gasteiger partial charge < -0.3 is 9.30 Å². The predicted molar refractivity (Wildman–Crippen MR) is 98.9 cm³/mol. The molecule has 0 atom stereocenters. The maximum absolute atomic E-state index is 12.7. The molecule has 1 amide bonds. The number of thiazole rings is 1. The zero-order chi connectivity index (χ0) is 18.0. The molecule has 0 aliphatic heterocycles. The number of nitrogens with zero attached hydrogens (tertiary/aromatic N) is 4. The number of aromatic nitrogens is 3. The van der Waals surface area contributed by atoms with Crippen LogP contribution in [-0.4, -0.2) is 33.5 Å². The molecule has 0 N–H and O–H groups in total. The third-order valence-electron chi connectivity index (χ3n) is 4.02. The largest absolute Gasteiger partial charge is 0.380 e. The number of carbonyl (C=O) groups is 1. The van der Waals surface area contributed by atoms with Crippen LogP contribution in [0.1, 0.15) is 28.5 Å². The van der Waals surface area contributed by atoms with Crippen LogP contribution in [-0.2, 0) is 18.3 Å². The molecule has 0 radical (unpaired) electrons. The summed E-state index contributed by atoms with van der Waals surface area (Å²) in [5.74, 6) is -0.272. The fourth-order valence-electron chi connectivity index (χ4n) is 2.78. The highest BCUT2D eigenvalue weighted by molar-refractivity contribution is 7.16. The van der Waals surface area contributed by atoms with Gasteiger partial charge >= 0.3 is 0 Å². The third-order valence-corrected chi connectivity index (χ3v) is 5.06. The zero-order valence-corrected chi connectivity index (χ0v) is 15.8. The van der Waals surface area contributed by atoms with Crippen LogP contribution in [0.25, 0.3) is 10.2 Å². The first-order valence-corrected chi connectivity index (χ1v) is 9.08. The minimum absolute atomic E-state index is 0.272. The lowest BCUT2D eigenvalue weighted by molar-refractivity contribution is 0.0987. The van der Waals surface area contributed by atoms with Crippen molar-refractivity contribution >= 4 is 27.5 Å². The van der Waals surface area contributed by atoms with Crippen LogP contribution in [0.15, 0.2) is 29.4 Å². The van der Waals surface area contributed by atoms with Crippen molar-refractivity contribution in [2.75, 3.05) is 13.2 Å². The summed E-state index contributed by atoms with van der Waals surface area (Å²) in [7, 11) is 1.76. The molecular weight excluding hydrogens is 336 g/mol. The van der Waals surface area contributed by atoms with Gasteiger partial charge in [0, 0.05) is 25.8 Å². The molecule has 0 spiro atoms. The van der Waals surface area contributed by atoms with E-state index in [1.54, 1.807) is 17.9 Å². The Kier molecular flexibility index (Phi) is 5.15. The number of hydrogen-bond donors (Lipinski definition) is 0. The van der Waals surface area contributed by atoms with E-state index in [-0.39, 0.29) is 5.91 Å². The van der Waals surface area contributed by atoms with Crippen molar-refractivity contribution < 1.29 is 9.53 Å². The van der Waals surface area contributed by atoms with Crippen LogP contribution in [0.3, 0.4) is 0 Å². The predicted octanol–water partition coefficient (Wildman–Crippen LogP) is 2.83. The highest BCUT2D eigenvalue weighted by atomic mass is 32.1. The Balaban J connectivity index is 2.10. The Morgan fingerprint density at radius 3 is 2.84 bits per heavy atom. The quantitative estimate of drug-likeness (QED) is 0.659. The number of benzene rings is 1. The number of rotatable bonds is 5. The Labute approximate surface area is 150 Å². The van der Waals surface area contributed by atoms with Crippen LogP contribution in [0, 0.1) is 13.8 Å². The van der Waals surface area contributed by atoms with Gasteiger partial charge in [-0.1, -0.05) is 17.4 Å². The number of hydrogen-bond acceptors (Lipinski definition) is 4. The standard InChI is InChI=1S/C18H22N4O2S/c1-5-24-9-8-22-14-7-6-12(2)10-15(14)25-18(22)20-17(23)16-13(3)11-19-21(16)4/h6-7,10-11H,5,8-9H2,1-4H3. The van der Waals surface area contributed by atoms with E-state index in [0.29, 0.717) is 30.3 Å². The zero-order valence-electron chi connectivity index (χ0n) is 14.9. The first kappa shape index (κ1) is 17.6. The molecule has 3 aromatic rings. The molecule has 1 aromatic carbocycles. The molecule has 0 bridgehead atoms. The number of ether oxygens (including phenoxy) is 1. The number of fused-ring (bicyclic) bond motifs is 1. The van der Waals surface area contributed by atoms with Gasteiger partial charge in [0.2, 0.25) is 0 Å². The van der Waals surface area contributed by atoms with Crippen LogP contribution in [0.5, 0.6) is 0 Å². The lowest BCUT2D eigenvalue weighted by Crippen LogP contribution is -2.20.